The number of aromatic nitrogens is 1. The first-order chi connectivity index (χ1) is 7.67. The number of aliphatic hydroxyl groups is 1. The van der Waals surface area contributed by atoms with Crippen LogP contribution in [-0.4, -0.2) is 28.5 Å². The summed E-state index contributed by atoms with van der Waals surface area (Å²) in [5, 5.41) is 13.5. The fourth-order valence-electron chi connectivity index (χ4n) is 1.43. The van der Waals surface area contributed by atoms with E-state index in [4.69, 9.17) is 5.11 Å². The molecule has 4 heteroatoms. The van der Waals surface area contributed by atoms with Gasteiger partial charge in [0.25, 0.3) is 0 Å². The minimum atomic E-state index is 0.180. The fraction of sp³-hybridized carbons (Fsp3) is 0.583. The molecule has 0 aliphatic carbocycles. The summed E-state index contributed by atoms with van der Waals surface area (Å²) in [4.78, 5) is 4.29. The van der Waals surface area contributed by atoms with E-state index in [-0.39, 0.29) is 11.9 Å². The number of thioether (sulfide) groups is 1. The molecule has 1 aromatic rings. The normalized spacial score (nSPS) is 14.8. The molecule has 0 aromatic carbocycles. The maximum Gasteiger partial charge on any atom is 0.0966 e. The maximum atomic E-state index is 9.00. The minimum absolute atomic E-state index is 0.180. The molecule has 0 aliphatic rings. The van der Waals surface area contributed by atoms with E-state index in [0.29, 0.717) is 6.04 Å². The third-order valence-corrected chi connectivity index (χ3v) is 3.36. The summed E-state index contributed by atoms with van der Waals surface area (Å²) in [6.07, 6.45) is 1.83. The Morgan fingerprint density at radius 2 is 2.25 bits per heavy atom. The smallest absolute Gasteiger partial charge is 0.0966 e. The summed E-state index contributed by atoms with van der Waals surface area (Å²) in [6, 6.07) is 4.46. The Bertz CT molecular complexity index is 320. The fourth-order valence-corrected chi connectivity index (χ4v) is 2.24. The Balaban J connectivity index is 2.70. The van der Waals surface area contributed by atoms with Crippen LogP contribution in [0.1, 0.15) is 32.4 Å². The molecule has 2 atom stereocenters. The van der Waals surface area contributed by atoms with Gasteiger partial charge in [-0.1, -0.05) is 13.8 Å². The third-order valence-electron chi connectivity index (χ3n) is 2.35. The van der Waals surface area contributed by atoms with Gasteiger partial charge in [-0.25, -0.2) is 4.98 Å². The van der Waals surface area contributed by atoms with Gasteiger partial charge in [-0.05, 0) is 31.2 Å². The summed E-state index contributed by atoms with van der Waals surface area (Å²) in [5.41, 5.74) is 1.24. The highest BCUT2D eigenvalue weighted by Gasteiger charge is 2.07. The first kappa shape index (κ1) is 13.5. The molecule has 3 nitrogen and oxygen atoms in total. The van der Waals surface area contributed by atoms with Crippen molar-refractivity contribution >= 4 is 11.8 Å². The van der Waals surface area contributed by atoms with Crippen LogP contribution >= 0.6 is 11.8 Å². The first-order valence-electron chi connectivity index (χ1n) is 5.64. The zero-order valence-corrected chi connectivity index (χ0v) is 10.9. The molecule has 1 aromatic heterocycles. The molecule has 2 N–H and O–H groups in total. The van der Waals surface area contributed by atoms with Crippen molar-refractivity contribution in [3.05, 3.63) is 23.9 Å². The third kappa shape index (κ3) is 4.12. The Labute approximate surface area is 102 Å². The van der Waals surface area contributed by atoms with Crippen molar-refractivity contribution in [1.29, 1.82) is 0 Å². The largest absolute Gasteiger partial charge is 0.395 e. The molecule has 0 fully saturated rings. The lowest BCUT2D eigenvalue weighted by atomic mass is 10.1. The van der Waals surface area contributed by atoms with E-state index in [1.54, 1.807) is 11.8 Å². The predicted octanol–water partition coefficient (Wildman–Crippen LogP) is 2.23. The number of aliphatic hydroxyl groups excluding tert-OH is 1. The van der Waals surface area contributed by atoms with Gasteiger partial charge in [0.05, 0.1) is 11.6 Å². The number of rotatable bonds is 6. The van der Waals surface area contributed by atoms with E-state index in [2.05, 4.69) is 30.2 Å². The van der Waals surface area contributed by atoms with Crippen LogP contribution in [0.25, 0.3) is 0 Å². The van der Waals surface area contributed by atoms with Gasteiger partial charge in [-0.2, -0.15) is 0 Å². The second-order valence-corrected chi connectivity index (χ2v) is 5.28. The van der Waals surface area contributed by atoms with Crippen molar-refractivity contribution in [3.63, 3.8) is 0 Å². The van der Waals surface area contributed by atoms with Gasteiger partial charge >= 0.3 is 0 Å². The molecule has 0 aliphatic heterocycles. The van der Waals surface area contributed by atoms with Crippen molar-refractivity contribution < 1.29 is 5.11 Å². The predicted molar refractivity (Wildman–Crippen MR) is 68.7 cm³/mol. The second-order valence-electron chi connectivity index (χ2n) is 3.82. The van der Waals surface area contributed by atoms with Gasteiger partial charge in [0.1, 0.15) is 0 Å². The van der Waals surface area contributed by atoms with E-state index < -0.39 is 0 Å². The van der Waals surface area contributed by atoms with E-state index in [0.717, 1.165) is 11.6 Å². The van der Waals surface area contributed by atoms with Crippen LogP contribution in [0.3, 0.4) is 0 Å². The molecule has 0 saturated heterocycles. The topological polar surface area (TPSA) is 45.2 Å². The highest BCUT2D eigenvalue weighted by molar-refractivity contribution is 7.99. The molecule has 0 radical (unpaired) electrons. The van der Waals surface area contributed by atoms with Crippen molar-refractivity contribution in [1.82, 2.24) is 10.3 Å². The van der Waals surface area contributed by atoms with Crippen LogP contribution in [0.4, 0.5) is 0 Å². The van der Waals surface area contributed by atoms with Crippen LogP contribution < -0.4 is 5.32 Å². The number of hydrogen-bond acceptors (Lipinski definition) is 4. The van der Waals surface area contributed by atoms with Crippen LogP contribution in [-0.2, 0) is 0 Å². The van der Waals surface area contributed by atoms with Gasteiger partial charge < -0.3 is 10.4 Å². The Hall–Kier alpha value is -0.580. The molecule has 1 heterocycles. The SMILES string of the molecule is CCNC(C)c1ccnc(SC(C)CO)c1. The maximum absolute atomic E-state index is 9.00. The van der Waals surface area contributed by atoms with E-state index >= 15 is 0 Å². The molecule has 0 spiro atoms. The molecule has 90 valence electrons. The number of hydrogen-bond donors (Lipinski definition) is 2. The zero-order chi connectivity index (χ0) is 12.0. The van der Waals surface area contributed by atoms with Crippen LogP contribution in [0, 0.1) is 0 Å². The van der Waals surface area contributed by atoms with E-state index in [1.165, 1.54) is 5.56 Å². The number of nitrogens with one attached hydrogen (secondary N) is 1. The van der Waals surface area contributed by atoms with Crippen molar-refractivity contribution in [2.45, 2.75) is 37.1 Å². The molecular weight excluding hydrogens is 220 g/mol. The zero-order valence-electron chi connectivity index (χ0n) is 10.1. The minimum Gasteiger partial charge on any atom is -0.395 e. The molecule has 2 unspecified atom stereocenters. The standard InChI is InChI=1S/C12H20N2OS/c1-4-13-10(3)11-5-6-14-12(7-11)16-9(2)8-15/h5-7,9-10,13,15H,4,8H2,1-3H3. The van der Waals surface area contributed by atoms with Crippen LogP contribution in [0.15, 0.2) is 23.4 Å². The molecular formula is C12H20N2OS. The Kier molecular flexibility index (Phi) is 5.80. The van der Waals surface area contributed by atoms with Gasteiger partial charge in [-0.15, -0.1) is 11.8 Å². The monoisotopic (exact) mass is 240 g/mol. The highest BCUT2D eigenvalue weighted by Crippen LogP contribution is 2.23. The Morgan fingerprint density at radius 1 is 1.50 bits per heavy atom. The van der Waals surface area contributed by atoms with E-state index in [1.807, 2.05) is 19.2 Å². The lowest BCUT2D eigenvalue weighted by molar-refractivity contribution is 0.300. The summed E-state index contributed by atoms with van der Waals surface area (Å²) in [7, 11) is 0. The quantitative estimate of drug-likeness (QED) is 0.748. The molecule has 16 heavy (non-hydrogen) atoms. The first-order valence-corrected chi connectivity index (χ1v) is 6.52. The summed E-state index contributed by atoms with van der Waals surface area (Å²) in [5.74, 6) is 0. The average molecular weight is 240 g/mol. The molecule has 1 rings (SSSR count). The Morgan fingerprint density at radius 3 is 2.88 bits per heavy atom. The number of pyridine rings is 1. The van der Waals surface area contributed by atoms with Crippen molar-refractivity contribution in [2.75, 3.05) is 13.2 Å². The van der Waals surface area contributed by atoms with Gasteiger partial charge in [0.2, 0.25) is 0 Å². The summed E-state index contributed by atoms with van der Waals surface area (Å²) in [6.45, 7) is 7.37. The average Bonchev–Trinajstić information content (AvgIpc) is 2.29. The lowest BCUT2D eigenvalue weighted by Gasteiger charge is -2.14. The molecule has 0 saturated carbocycles. The second kappa shape index (κ2) is 6.89. The molecule has 0 bridgehead atoms. The van der Waals surface area contributed by atoms with Gasteiger partial charge in [-0.3, -0.25) is 0 Å². The van der Waals surface area contributed by atoms with E-state index in [9.17, 15) is 0 Å². The van der Waals surface area contributed by atoms with Gasteiger partial charge in [0, 0.05) is 17.5 Å². The van der Waals surface area contributed by atoms with Crippen molar-refractivity contribution in [3.8, 4) is 0 Å². The summed E-state index contributed by atoms with van der Waals surface area (Å²) < 4.78 is 0. The summed E-state index contributed by atoms with van der Waals surface area (Å²) >= 11 is 1.60. The molecule has 0 amide bonds. The van der Waals surface area contributed by atoms with Crippen molar-refractivity contribution in [2.24, 2.45) is 0 Å². The highest BCUT2D eigenvalue weighted by atomic mass is 32.2. The van der Waals surface area contributed by atoms with Gasteiger partial charge in [0.15, 0.2) is 0 Å². The van der Waals surface area contributed by atoms with Crippen LogP contribution in [0.2, 0.25) is 0 Å². The lowest BCUT2D eigenvalue weighted by Crippen LogP contribution is -2.17. The number of nitrogens with zero attached hydrogens (tertiary/aromatic N) is 1. The van der Waals surface area contributed by atoms with Crippen LogP contribution in [0.5, 0.6) is 0 Å².